The lowest BCUT2D eigenvalue weighted by Crippen LogP contribution is -2.42. The van der Waals surface area contributed by atoms with Crippen molar-refractivity contribution in [2.24, 2.45) is 11.8 Å². The summed E-state index contributed by atoms with van der Waals surface area (Å²) in [6.45, 7) is 0.714. The highest BCUT2D eigenvalue weighted by Gasteiger charge is 2.34. The first-order valence-corrected chi connectivity index (χ1v) is 8.58. The normalized spacial score (nSPS) is 22.5. The van der Waals surface area contributed by atoms with Crippen molar-refractivity contribution in [2.45, 2.75) is 38.1 Å². The Morgan fingerprint density at radius 3 is 2.42 bits per heavy atom. The number of nitrogens with zero attached hydrogens (tertiary/aromatic N) is 1. The number of hydrogen-bond donors (Lipinski definition) is 2. The molecule has 2 aliphatic rings. The molecule has 0 spiro atoms. The molecule has 0 aromatic heterocycles. The first-order chi connectivity index (χ1) is 11.5. The van der Waals surface area contributed by atoms with Gasteiger partial charge < -0.3 is 15.3 Å². The number of carboxylic acids is 1. The van der Waals surface area contributed by atoms with Crippen LogP contribution >= 0.6 is 0 Å². The summed E-state index contributed by atoms with van der Waals surface area (Å²) >= 11 is 0. The Labute approximate surface area is 140 Å². The van der Waals surface area contributed by atoms with Crippen LogP contribution in [0.25, 0.3) is 0 Å². The van der Waals surface area contributed by atoms with Crippen LogP contribution < -0.4 is 5.32 Å². The van der Waals surface area contributed by atoms with Crippen LogP contribution in [-0.4, -0.2) is 35.1 Å². The molecule has 5 nitrogen and oxygen atoms in total. The van der Waals surface area contributed by atoms with Crippen LogP contribution in [0, 0.1) is 17.7 Å². The Balaban J connectivity index is 1.71. The standard InChI is InChI=1S/C18H23FN2O3/c19-15-7-5-13(6-8-15)16(12-3-1-2-4-12)20-18(24)21-10-9-14(11-21)17(22)23/h5-8,12,14,16H,1-4,9-11H2,(H,20,24)(H,22,23). The van der Waals surface area contributed by atoms with E-state index in [4.69, 9.17) is 5.11 Å². The van der Waals surface area contributed by atoms with Crippen molar-refractivity contribution in [3.8, 4) is 0 Å². The van der Waals surface area contributed by atoms with E-state index in [1.807, 2.05) is 0 Å². The third kappa shape index (κ3) is 3.68. The van der Waals surface area contributed by atoms with Gasteiger partial charge in [0.15, 0.2) is 0 Å². The minimum Gasteiger partial charge on any atom is -0.481 e. The number of carbonyl (C=O) groups excluding carboxylic acids is 1. The number of nitrogens with one attached hydrogen (secondary N) is 1. The Kier molecular flexibility index (Phi) is 5.02. The molecule has 1 saturated heterocycles. The van der Waals surface area contributed by atoms with Gasteiger partial charge in [-0.15, -0.1) is 0 Å². The van der Waals surface area contributed by atoms with E-state index < -0.39 is 11.9 Å². The predicted molar refractivity (Wildman–Crippen MR) is 86.9 cm³/mol. The molecule has 2 fully saturated rings. The molecule has 1 aromatic rings. The van der Waals surface area contributed by atoms with Crippen molar-refractivity contribution < 1.29 is 19.1 Å². The fourth-order valence-corrected chi connectivity index (χ4v) is 3.80. The van der Waals surface area contributed by atoms with Gasteiger partial charge >= 0.3 is 12.0 Å². The van der Waals surface area contributed by atoms with Gasteiger partial charge in [-0.2, -0.15) is 0 Å². The van der Waals surface area contributed by atoms with Crippen molar-refractivity contribution in [1.29, 1.82) is 0 Å². The zero-order chi connectivity index (χ0) is 17.1. The molecule has 6 heteroatoms. The molecule has 0 radical (unpaired) electrons. The lowest BCUT2D eigenvalue weighted by molar-refractivity contribution is -0.141. The summed E-state index contributed by atoms with van der Waals surface area (Å²) in [6.07, 6.45) is 4.86. The fraction of sp³-hybridized carbons (Fsp3) is 0.556. The van der Waals surface area contributed by atoms with Gasteiger partial charge in [-0.3, -0.25) is 4.79 Å². The maximum absolute atomic E-state index is 13.2. The summed E-state index contributed by atoms with van der Waals surface area (Å²) in [7, 11) is 0. The van der Waals surface area contributed by atoms with Crippen LogP contribution in [-0.2, 0) is 4.79 Å². The average Bonchev–Trinajstić information content (AvgIpc) is 3.25. The van der Waals surface area contributed by atoms with Gasteiger partial charge in [0.1, 0.15) is 5.82 Å². The van der Waals surface area contributed by atoms with Crippen LogP contribution in [0.5, 0.6) is 0 Å². The molecular formula is C18H23FN2O3. The molecule has 2 unspecified atom stereocenters. The Morgan fingerprint density at radius 2 is 1.83 bits per heavy atom. The summed E-state index contributed by atoms with van der Waals surface area (Å²) < 4.78 is 13.2. The molecule has 1 aromatic carbocycles. The Morgan fingerprint density at radius 1 is 1.17 bits per heavy atom. The van der Waals surface area contributed by atoms with Crippen LogP contribution in [0.2, 0.25) is 0 Å². The molecule has 1 saturated carbocycles. The molecule has 24 heavy (non-hydrogen) atoms. The monoisotopic (exact) mass is 334 g/mol. The molecule has 1 aliphatic heterocycles. The second kappa shape index (κ2) is 7.20. The Hall–Kier alpha value is -2.11. The zero-order valence-electron chi connectivity index (χ0n) is 13.6. The molecule has 1 aliphatic carbocycles. The van der Waals surface area contributed by atoms with E-state index in [2.05, 4.69) is 5.32 Å². The van der Waals surface area contributed by atoms with E-state index >= 15 is 0 Å². The van der Waals surface area contributed by atoms with E-state index in [0.717, 1.165) is 31.2 Å². The largest absolute Gasteiger partial charge is 0.481 e. The lowest BCUT2D eigenvalue weighted by Gasteiger charge is -2.28. The summed E-state index contributed by atoms with van der Waals surface area (Å²) in [4.78, 5) is 25.2. The maximum Gasteiger partial charge on any atom is 0.317 e. The number of benzene rings is 1. The quantitative estimate of drug-likeness (QED) is 0.888. The smallest absolute Gasteiger partial charge is 0.317 e. The Bertz CT molecular complexity index is 599. The van der Waals surface area contributed by atoms with Crippen LogP contribution in [0.1, 0.15) is 43.7 Å². The molecule has 2 amide bonds. The second-order valence-electron chi connectivity index (χ2n) is 6.79. The number of halogens is 1. The maximum atomic E-state index is 13.2. The number of hydrogen-bond acceptors (Lipinski definition) is 2. The van der Waals surface area contributed by atoms with Crippen molar-refractivity contribution in [3.05, 3.63) is 35.6 Å². The first kappa shape index (κ1) is 16.7. The summed E-state index contributed by atoms with van der Waals surface area (Å²) in [6, 6.07) is 5.91. The number of urea groups is 1. The number of rotatable bonds is 4. The van der Waals surface area contributed by atoms with Crippen molar-refractivity contribution in [3.63, 3.8) is 0 Å². The number of amides is 2. The predicted octanol–water partition coefficient (Wildman–Crippen LogP) is 3.17. The van der Waals surface area contributed by atoms with Gasteiger partial charge in [0.2, 0.25) is 0 Å². The van der Waals surface area contributed by atoms with E-state index in [9.17, 15) is 14.0 Å². The topological polar surface area (TPSA) is 69.6 Å². The van der Waals surface area contributed by atoms with Gasteiger partial charge in [0.05, 0.1) is 12.0 Å². The van der Waals surface area contributed by atoms with Crippen molar-refractivity contribution in [1.82, 2.24) is 10.2 Å². The van der Waals surface area contributed by atoms with E-state index in [-0.39, 0.29) is 24.4 Å². The summed E-state index contributed by atoms with van der Waals surface area (Å²) in [5.74, 6) is -1.28. The lowest BCUT2D eigenvalue weighted by atomic mass is 9.91. The van der Waals surface area contributed by atoms with Crippen LogP contribution in [0.4, 0.5) is 9.18 Å². The van der Waals surface area contributed by atoms with Gasteiger partial charge in [0.25, 0.3) is 0 Å². The van der Waals surface area contributed by atoms with Crippen molar-refractivity contribution in [2.75, 3.05) is 13.1 Å². The van der Waals surface area contributed by atoms with Gasteiger partial charge in [-0.1, -0.05) is 25.0 Å². The molecule has 3 rings (SSSR count). The van der Waals surface area contributed by atoms with E-state index in [1.165, 1.54) is 12.1 Å². The molecule has 0 bridgehead atoms. The summed E-state index contributed by atoms with van der Waals surface area (Å²) in [5, 5.41) is 12.1. The molecule has 130 valence electrons. The number of aliphatic carboxylic acids is 1. The highest BCUT2D eigenvalue weighted by Crippen LogP contribution is 2.36. The first-order valence-electron chi connectivity index (χ1n) is 8.58. The molecule has 2 atom stereocenters. The second-order valence-corrected chi connectivity index (χ2v) is 6.79. The van der Waals surface area contributed by atoms with Crippen LogP contribution in [0.3, 0.4) is 0 Å². The molecular weight excluding hydrogens is 311 g/mol. The number of likely N-dealkylation sites (tertiary alicyclic amines) is 1. The van der Waals surface area contributed by atoms with Gasteiger partial charge in [-0.25, -0.2) is 9.18 Å². The molecule has 2 N–H and O–H groups in total. The highest BCUT2D eigenvalue weighted by molar-refractivity contribution is 5.77. The third-order valence-corrected chi connectivity index (χ3v) is 5.20. The third-order valence-electron chi connectivity index (χ3n) is 5.20. The SMILES string of the molecule is O=C(O)C1CCN(C(=O)NC(c2ccc(F)cc2)C2CCCC2)C1. The number of carbonyl (C=O) groups is 2. The highest BCUT2D eigenvalue weighted by atomic mass is 19.1. The minimum atomic E-state index is -0.851. The van der Waals surface area contributed by atoms with E-state index in [0.29, 0.717) is 18.9 Å². The fourth-order valence-electron chi connectivity index (χ4n) is 3.80. The van der Waals surface area contributed by atoms with Crippen LogP contribution in [0.15, 0.2) is 24.3 Å². The summed E-state index contributed by atoms with van der Waals surface area (Å²) in [5.41, 5.74) is 0.908. The van der Waals surface area contributed by atoms with Crippen molar-refractivity contribution >= 4 is 12.0 Å². The van der Waals surface area contributed by atoms with Gasteiger partial charge in [-0.05, 0) is 42.9 Å². The van der Waals surface area contributed by atoms with E-state index in [1.54, 1.807) is 17.0 Å². The molecule has 1 heterocycles. The average molecular weight is 334 g/mol. The van der Waals surface area contributed by atoms with Gasteiger partial charge in [0, 0.05) is 13.1 Å². The zero-order valence-corrected chi connectivity index (χ0v) is 13.6. The number of carboxylic acid groups (broad SMARTS) is 1. The minimum absolute atomic E-state index is 0.149.